The van der Waals surface area contributed by atoms with Crippen LogP contribution in [0.1, 0.15) is 58.3 Å². The van der Waals surface area contributed by atoms with Gasteiger partial charge in [-0.2, -0.15) is 0 Å². The van der Waals surface area contributed by atoms with Crippen molar-refractivity contribution in [2.24, 2.45) is 0 Å². The van der Waals surface area contributed by atoms with E-state index in [-0.39, 0.29) is 0 Å². The summed E-state index contributed by atoms with van der Waals surface area (Å²) in [5, 5.41) is 8.51. The van der Waals surface area contributed by atoms with Gasteiger partial charge in [-0.15, -0.1) is 0 Å². The minimum absolute atomic E-state index is 0.370. The highest BCUT2D eigenvalue weighted by Crippen LogP contribution is 2.07. The Morgan fingerprint density at radius 2 is 0.947 bits per heavy atom. The fraction of sp³-hybridized carbons (Fsp3) is 1.00. The Kier molecular flexibility index (Phi) is 29.9. The van der Waals surface area contributed by atoms with Crippen LogP contribution < -0.4 is 0 Å². The van der Waals surface area contributed by atoms with Crippen molar-refractivity contribution < 1.29 is 33.8 Å². The number of aliphatic hydroxyl groups excluding tert-OH is 1. The second-order valence-electron chi connectivity index (χ2n) is 3.76. The van der Waals surface area contributed by atoms with Crippen LogP contribution in [-0.2, 0) is 9.13 Å². The molecule has 0 amide bonds. The highest BCUT2D eigenvalue weighted by Gasteiger charge is 1.89. The topological polar surface area (TPSA) is 135 Å². The lowest BCUT2D eigenvalue weighted by molar-refractivity contribution is 0.282. The van der Waals surface area contributed by atoms with Gasteiger partial charge in [-0.25, -0.2) is 0 Å². The Morgan fingerprint density at radius 1 is 0.684 bits per heavy atom. The molecule has 0 saturated heterocycles. The third-order valence-corrected chi connectivity index (χ3v) is 2.01. The summed E-state index contributed by atoms with van der Waals surface area (Å²) in [6.07, 6.45) is 10.4. The van der Waals surface area contributed by atoms with E-state index in [0.717, 1.165) is 6.42 Å². The molecule has 0 aromatic carbocycles. The van der Waals surface area contributed by atoms with Gasteiger partial charge >= 0.3 is 16.5 Å². The molecule has 0 spiro atoms. The average molecular weight is 322 g/mol. The molecule has 0 radical (unpaired) electrons. The predicted octanol–water partition coefficient (Wildman–Crippen LogP) is 1.84. The lowest BCUT2D eigenvalue weighted by atomic mass is 10.1. The zero-order valence-electron chi connectivity index (χ0n) is 11.4. The lowest BCUT2D eigenvalue weighted by Crippen LogP contribution is -1.83. The zero-order valence-corrected chi connectivity index (χ0v) is 13.4. The van der Waals surface area contributed by atoms with E-state index in [0.29, 0.717) is 6.61 Å². The Balaban J connectivity index is -0.000000264. The van der Waals surface area contributed by atoms with Crippen molar-refractivity contribution >= 4 is 16.5 Å². The van der Waals surface area contributed by atoms with E-state index < -0.39 is 16.5 Å². The Labute approximate surface area is 116 Å². The summed E-state index contributed by atoms with van der Waals surface area (Å²) < 4.78 is 17.5. The van der Waals surface area contributed by atoms with E-state index >= 15 is 0 Å². The molecule has 0 bridgehead atoms. The second kappa shape index (κ2) is 23.4. The van der Waals surface area contributed by atoms with Gasteiger partial charge in [0.05, 0.1) is 0 Å². The maximum atomic E-state index is 8.74. The molecule has 0 fully saturated rings. The molecule has 9 heteroatoms. The Morgan fingerprint density at radius 3 is 1.21 bits per heavy atom. The molecule has 0 aromatic rings. The van der Waals surface area contributed by atoms with E-state index in [4.69, 9.17) is 33.8 Å². The molecule has 0 unspecified atom stereocenters. The number of aliphatic hydroxyl groups is 1. The highest BCUT2D eigenvalue weighted by molar-refractivity contribution is 7.31. The van der Waals surface area contributed by atoms with Crippen LogP contribution in [0, 0.1) is 0 Å². The zero-order chi connectivity index (χ0) is 15.5. The quantitative estimate of drug-likeness (QED) is 0.340. The summed E-state index contributed by atoms with van der Waals surface area (Å²) in [6.45, 7) is 2.61. The second-order valence-corrected chi connectivity index (χ2v) is 4.89. The number of hydrogen-bond donors (Lipinski definition) is 5. The molecule has 0 saturated carbocycles. The molecule has 0 aliphatic heterocycles. The van der Waals surface area contributed by atoms with Crippen LogP contribution in [0.25, 0.3) is 0 Å². The van der Waals surface area contributed by atoms with Gasteiger partial charge < -0.3 is 24.7 Å². The summed E-state index contributed by atoms with van der Waals surface area (Å²) in [5.74, 6) is 0. The third kappa shape index (κ3) is 70.8. The maximum Gasteiger partial charge on any atom is 0.314 e. The Bertz CT molecular complexity index is 174. The van der Waals surface area contributed by atoms with E-state index in [2.05, 4.69) is 6.92 Å². The minimum Gasteiger partial charge on any atom is -0.396 e. The first-order chi connectivity index (χ1) is 8.88. The molecule has 0 atom stereocenters. The first-order valence-corrected chi connectivity index (χ1v) is 8.93. The van der Waals surface area contributed by atoms with Crippen molar-refractivity contribution in [2.75, 3.05) is 6.61 Å². The fourth-order valence-corrected chi connectivity index (χ4v) is 1.25. The standard InChI is InChI=1S/C10H22O.2H3O3P/c1-2-3-4-5-6-7-8-9-10-11;2*1-4(2)3/h11H,2-10H2,1H3;2*4H,(H2,1,2,3). The van der Waals surface area contributed by atoms with E-state index in [1.165, 1.54) is 44.9 Å². The van der Waals surface area contributed by atoms with Gasteiger partial charge in [0.1, 0.15) is 0 Å². The van der Waals surface area contributed by atoms with E-state index in [1.807, 2.05) is 0 Å². The summed E-state index contributed by atoms with van der Waals surface area (Å²) in [5.41, 5.74) is 0. The molecule has 0 rings (SSSR count). The van der Waals surface area contributed by atoms with E-state index in [9.17, 15) is 0 Å². The molecule has 0 aromatic heterocycles. The third-order valence-electron chi connectivity index (χ3n) is 2.01. The average Bonchev–Trinajstić information content (AvgIpc) is 2.26. The van der Waals surface area contributed by atoms with Crippen molar-refractivity contribution in [3.05, 3.63) is 0 Å². The number of unbranched alkanes of at least 4 members (excludes halogenated alkanes) is 7. The van der Waals surface area contributed by atoms with Gasteiger partial charge in [-0.05, 0) is 6.42 Å². The maximum absolute atomic E-state index is 8.74. The summed E-state index contributed by atoms with van der Waals surface area (Å²) in [4.78, 5) is 28.6. The van der Waals surface area contributed by atoms with Crippen LogP contribution in [0.5, 0.6) is 0 Å². The number of rotatable bonds is 8. The molecule has 7 nitrogen and oxygen atoms in total. The van der Waals surface area contributed by atoms with Gasteiger partial charge in [0.2, 0.25) is 0 Å². The van der Waals surface area contributed by atoms with Crippen LogP contribution in [0.4, 0.5) is 0 Å². The van der Waals surface area contributed by atoms with Crippen LogP contribution in [0.2, 0.25) is 0 Å². The first kappa shape index (κ1) is 24.3. The molecule has 19 heavy (non-hydrogen) atoms. The lowest BCUT2D eigenvalue weighted by Gasteiger charge is -1.98. The van der Waals surface area contributed by atoms with Crippen molar-refractivity contribution in [1.29, 1.82) is 0 Å². The molecule has 0 heterocycles. The van der Waals surface area contributed by atoms with Gasteiger partial charge in [0.15, 0.2) is 0 Å². The first-order valence-electron chi connectivity index (χ1n) is 6.33. The normalized spacial score (nSPS) is 9.68. The van der Waals surface area contributed by atoms with Crippen molar-refractivity contribution in [1.82, 2.24) is 0 Å². The van der Waals surface area contributed by atoms with Gasteiger partial charge in [0, 0.05) is 6.61 Å². The largest absolute Gasteiger partial charge is 0.396 e. The van der Waals surface area contributed by atoms with E-state index in [1.54, 1.807) is 0 Å². The minimum atomic E-state index is -3.13. The van der Waals surface area contributed by atoms with Gasteiger partial charge in [0.25, 0.3) is 0 Å². The fourth-order valence-electron chi connectivity index (χ4n) is 1.25. The van der Waals surface area contributed by atoms with Crippen LogP contribution in [-0.4, -0.2) is 31.3 Å². The smallest absolute Gasteiger partial charge is 0.314 e. The number of hydrogen-bond acceptors (Lipinski definition) is 3. The van der Waals surface area contributed by atoms with Crippen LogP contribution >= 0.6 is 16.5 Å². The summed E-state index contributed by atoms with van der Waals surface area (Å²) in [7, 11) is -6.26. The van der Waals surface area contributed by atoms with Crippen LogP contribution in [0.15, 0.2) is 0 Å². The van der Waals surface area contributed by atoms with Crippen LogP contribution in [0.3, 0.4) is 0 Å². The molecular formula is C10H28O7P2. The van der Waals surface area contributed by atoms with Crippen molar-refractivity contribution in [2.45, 2.75) is 58.3 Å². The summed E-state index contributed by atoms with van der Waals surface area (Å²) >= 11 is 0. The van der Waals surface area contributed by atoms with Gasteiger partial charge in [-0.1, -0.05) is 51.9 Å². The molecule has 5 N–H and O–H groups in total. The monoisotopic (exact) mass is 322 g/mol. The highest BCUT2D eigenvalue weighted by atomic mass is 31.1. The van der Waals surface area contributed by atoms with Crippen molar-refractivity contribution in [3.8, 4) is 0 Å². The van der Waals surface area contributed by atoms with Gasteiger partial charge in [-0.3, -0.25) is 9.13 Å². The SMILES string of the molecule is CCCCCCCCCCO.O=[PH](O)O.O=[PH](O)O. The molecule has 0 aliphatic carbocycles. The summed E-state index contributed by atoms with van der Waals surface area (Å²) in [6, 6.07) is 0. The molecule has 120 valence electrons. The van der Waals surface area contributed by atoms with Crippen molar-refractivity contribution in [3.63, 3.8) is 0 Å². The Hall–Kier alpha value is 0.260. The molecule has 0 aliphatic rings. The predicted molar refractivity (Wildman–Crippen MR) is 76.6 cm³/mol. The molecular weight excluding hydrogens is 294 g/mol.